The van der Waals surface area contributed by atoms with Crippen molar-refractivity contribution in [3.8, 4) is 0 Å². The van der Waals surface area contributed by atoms with Crippen LogP contribution in [-0.2, 0) is 10.0 Å². The first-order valence-electron chi connectivity index (χ1n) is 8.59. The molecule has 0 spiro atoms. The van der Waals surface area contributed by atoms with Crippen LogP contribution in [-0.4, -0.2) is 50.0 Å². The van der Waals surface area contributed by atoms with Gasteiger partial charge in [-0.3, -0.25) is 15.0 Å². The van der Waals surface area contributed by atoms with Gasteiger partial charge in [0, 0.05) is 31.2 Å². The molecular weight excluding hydrogens is 344 g/mol. The number of primary sulfonamides is 1. The number of benzene rings is 1. The molecule has 1 aromatic carbocycles. The molecule has 25 heavy (non-hydrogen) atoms. The largest absolute Gasteiger partial charge is 0.366 e. The second kappa shape index (κ2) is 6.89. The third kappa shape index (κ3) is 3.78. The number of nitrogens with zero attached hydrogens (tertiary/aromatic N) is 3. The van der Waals surface area contributed by atoms with Gasteiger partial charge in [0.05, 0.1) is 9.82 Å². The first kappa shape index (κ1) is 18.1. The Labute approximate surface area is 147 Å². The van der Waals surface area contributed by atoms with Crippen molar-refractivity contribution in [1.29, 1.82) is 0 Å². The van der Waals surface area contributed by atoms with Crippen LogP contribution in [0.1, 0.15) is 32.6 Å². The van der Waals surface area contributed by atoms with E-state index in [1.54, 1.807) is 0 Å². The number of piperidine rings is 1. The summed E-state index contributed by atoms with van der Waals surface area (Å²) in [5, 5.41) is 16.5. The van der Waals surface area contributed by atoms with Gasteiger partial charge in [-0.2, -0.15) is 0 Å². The molecule has 9 heteroatoms. The van der Waals surface area contributed by atoms with Gasteiger partial charge in [0.15, 0.2) is 0 Å². The highest BCUT2D eigenvalue weighted by Crippen LogP contribution is 2.34. The quantitative estimate of drug-likeness (QED) is 0.640. The average molecular weight is 368 g/mol. The first-order valence-corrected chi connectivity index (χ1v) is 10.1. The van der Waals surface area contributed by atoms with E-state index in [2.05, 4.69) is 11.8 Å². The molecule has 138 valence electrons. The molecular formula is C16H24N4O4S. The molecule has 0 aromatic heterocycles. The van der Waals surface area contributed by atoms with Crippen LogP contribution in [0.5, 0.6) is 0 Å². The van der Waals surface area contributed by atoms with E-state index in [-0.39, 0.29) is 10.6 Å². The van der Waals surface area contributed by atoms with Crippen LogP contribution in [0.25, 0.3) is 0 Å². The van der Waals surface area contributed by atoms with E-state index in [1.807, 2.05) is 4.90 Å². The van der Waals surface area contributed by atoms with E-state index in [1.165, 1.54) is 25.0 Å². The highest BCUT2D eigenvalue weighted by Gasteiger charge is 2.32. The van der Waals surface area contributed by atoms with Crippen LogP contribution in [0.2, 0.25) is 0 Å². The monoisotopic (exact) mass is 368 g/mol. The van der Waals surface area contributed by atoms with E-state index in [0.717, 1.165) is 38.5 Å². The van der Waals surface area contributed by atoms with Crippen LogP contribution in [0.4, 0.5) is 11.4 Å². The lowest BCUT2D eigenvalue weighted by Gasteiger charge is -2.39. The van der Waals surface area contributed by atoms with Gasteiger partial charge in [0.1, 0.15) is 5.69 Å². The SMILES string of the molecule is CC1CCCN1C1CCN(c2ccc(S(N)(=O)=O)cc2[N+](=O)[O-])CC1. The summed E-state index contributed by atoms with van der Waals surface area (Å²) in [7, 11) is -3.96. The summed E-state index contributed by atoms with van der Waals surface area (Å²) in [4.78, 5) is 15.1. The van der Waals surface area contributed by atoms with Crippen LogP contribution in [0, 0.1) is 10.1 Å². The topological polar surface area (TPSA) is 110 Å². The smallest absolute Gasteiger partial charge is 0.293 e. The minimum atomic E-state index is -3.96. The van der Waals surface area contributed by atoms with Gasteiger partial charge in [-0.25, -0.2) is 13.6 Å². The molecule has 0 radical (unpaired) electrons. The minimum absolute atomic E-state index is 0.209. The maximum atomic E-state index is 11.5. The zero-order valence-electron chi connectivity index (χ0n) is 14.3. The van der Waals surface area contributed by atoms with Crippen molar-refractivity contribution in [2.75, 3.05) is 24.5 Å². The summed E-state index contributed by atoms with van der Waals surface area (Å²) < 4.78 is 22.9. The molecule has 2 fully saturated rings. The highest BCUT2D eigenvalue weighted by molar-refractivity contribution is 7.89. The Morgan fingerprint density at radius 1 is 1.20 bits per heavy atom. The lowest BCUT2D eigenvalue weighted by molar-refractivity contribution is -0.384. The van der Waals surface area contributed by atoms with Crippen molar-refractivity contribution in [3.05, 3.63) is 28.3 Å². The molecule has 0 aliphatic carbocycles. The number of nitrogens with two attached hydrogens (primary N) is 1. The van der Waals surface area contributed by atoms with Crippen molar-refractivity contribution in [1.82, 2.24) is 4.90 Å². The normalized spacial score (nSPS) is 23.1. The van der Waals surface area contributed by atoms with Gasteiger partial charge >= 0.3 is 0 Å². The zero-order chi connectivity index (χ0) is 18.2. The standard InChI is InChI=1S/C16H24N4O4S/c1-12-3-2-8-19(12)13-6-9-18(10-7-13)15-5-4-14(25(17,23)24)11-16(15)20(21)22/h4-5,11-13H,2-3,6-10H2,1H3,(H2,17,23,24). The first-order chi connectivity index (χ1) is 11.8. The molecule has 2 aliphatic rings. The van der Waals surface area contributed by atoms with Crippen LogP contribution >= 0.6 is 0 Å². The predicted octanol–water partition coefficient (Wildman–Crippen LogP) is 1.70. The van der Waals surface area contributed by atoms with Gasteiger partial charge in [-0.05, 0) is 51.3 Å². The number of hydrogen-bond acceptors (Lipinski definition) is 6. The Hall–Kier alpha value is -1.71. The summed E-state index contributed by atoms with van der Waals surface area (Å²) in [6.07, 6.45) is 4.39. The highest BCUT2D eigenvalue weighted by atomic mass is 32.2. The number of nitro benzene ring substituents is 1. The van der Waals surface area contributed by atoms with Crippen molar-refractivity contribution in [3.63, 3.8) is 0 Å². The van der Waals surface area contributed by atoms with E-state index in [4.69, 9.17) is 5.14 Å². The summed E-state index contributed by atoms with van der Waals surface area (Å²) in [5.74, 6) is 0. The molecule has 0 bridgehead atoms. The Balaban J connectivity index is 1.77. The van der Waals surface area contributed by atoms with Crippen molar-refractivity contribution < 1.29 is 13.3 Å². The van der Waals surface area contributed by atoms with Crippen molar-refractivity contribution >= 4 is 21.4 Å². The Kier molecular flexibility index (Phi) is 4.99. The van der Waals surface area contributed by atoms with E-state index >= 15 is 0 Å². The maximum absolute atomic E-state index is 11.5. The van der Waals surface area contributed by atoms with Gasteiger partial charge < -0.3 is 4.90 Å². The molecule has 0 amide bonds. The summed E-state index contributed by atoms with van der Waals surface area (Å²) >= 11 is 0. The number of sulfonamides is 1. The molecule has 3 rings (SSSR count). The number of hydrogen-bond donors (Lipinski definition) is 1. The molecule has 1 atom stereocenters. The number of likely N-dealkylation sites (tertiary alicyclic amines) is 1. The molecule has 1 unspecified atom stereocenters. The number of nitro groups is 1. The second-order valence-electron chi connectivity index (χ2n) is 6.90. The third-order valence-electron chi connectivity index (χ3n) is 5.35. The minimum Gasteiger partial charge on any atom is -0.366 e. The fraction of sp³-hybridized carbons (Fsp3) is 0.625. The fourth-order valence-corrected chi connectivity index (χ4v) is 4.56. The Morgan fingerprint density at radius 2 is 1.88 bits per heavy atom. The van der Waals surface area contributed by atoms with Gasteiger partial charge in [0.2, 0.25) is 10.0 Å². The number of anilines is 1. The molecule has 2 aliphatic heterocycles. The molecule has 1 aromatic rings. The third-order valence-corrected chi connectivity index (χ3v) is 6.26. The lowest BCUT2D eigenvalue weighted by atomic mass is 10.0. The predicted molar refractivity (Wildman–Crippen MR) is 95.1 cm³/mol. The molecule has 2 heterocycles. The van der Waals surface area contributed by atoms with E-state index < -0.39 is 14.9 Å². The lowest BCUT2D eigenvalue weighted by Crippen LogP contribution is -2.46. The molecule has 8 nitrogen and oxygen atoms in total. The van der Waals surface area contributed by atoms with Crippen LogP contribution in [0.15, 0.2) is 23.1 Å². The molecule has 0 saturated carbocycles. The maximum Gasteiger partial charge on any atom is 0.293 e. The van der Waals surface area contributed by atoms with Crippen molar-refractivity contribution in [2.45, 2.75) is 49.6 Å². The van der Waals surface area contributed by atoms with Gasteiger partial charge in [-0.15, -0.1) is 0 Å². The molecule has 2 N–H and O–H groups in total. The fourth-order valence-electron chi connectivity index (χ4n) is 4.03. The average Bonchev–Trinajstić information content (AvgIpc) is 2.99. The second-order valence-corrected chi connectivity index (χ2v) is 8.46. The zero-order valence-corrected chi connectivity index (χ0v) is 15.1. The van der Waals surface area contributed by atoms with Gasteiger partial charge in [0.25, 0.3) is 5.69 Å². The summed E-state index contributed by atoms with van der Waals surface area (Å²) in [6.45, 7) is 4.85. The Morgan fingerprint density at radius 3 is 2.40 bits per heavy atom. The summed E-state index contributed by atoms with van der Waals surface area (Å²) in [5.41, 5.74) is 0.254. The van der Waals surface area contributed by atoms with Crippen molar-refractivity contribution in [2.24, 2.45) is 5.14 Å². The van der Waals surface area contributed by atoms with Crippen LogP contribution in [0.3, 0.4) is 0 Å². The van der Waals surface area contributed by atoms with Gasteiger partial charge in [-0.1, -0.05) is 0 Å². The van der Waals surface area contributed by atoms with E-state index in [0.29, 0.717) is 17.8 Å². The Bertz CT molecular complexity index is 759. The van der Waals surface area contributed by atoms with Crippen LogP contribution < -0.4 is 10.0 Å². The summed E-state index contributed by atoms with van der Waals surface area (Å²) in [6, 6.07) is 5.03. The molecule has 2 saturated heterocycles. The van der Waals surface area contributed by atoms with E-state index in [9.17, 15) is 18.5 Å². The number of rotatable bonds is 4.